The van der Waals surface area contributed by atoms with Crippen LogP contribution >= 0.6 is 128 Å². The van der Waals surface area contributed by atoms with E-state index in [4.69, 9.17) is 103 Å². The summed E-state index contributed by atoms with van der Waals surface area (Å²) in [6.07, 6.45) is 0. The van der Waals surface area contributed by atoms with Gasteiger partial charge in [-0.05, 0) is 153 Å². The first-order chi connectivity index (χ1) is 72.5. The highest BCUT2D eigenvalue weighted by Gasteiger charge is 2.44. The molecule has 760 valence electrons. The number of carbonyl (C=O) groups is 5. The van der Waals surface area contributed by atoms with Gasteiger partial charge in [0.25, 0.3) is 29.5 Å². The third-order valence-electron chi connectivity index (χ3n) is 22.9. The molecule has 20 rings (SSSR count). The number of benzene rings is 15. The van der Waals surface area contributed by atoms with Crippen LogP contribution in [-0.2, 0) is 0 Å². The maximum atomic E-state index is 14.4. The predicted octanol–water partition coefficient (Wildman–Crippen LogP) is 29.8. The zero-order valence-electron chi connectivity index (χ0n) is 79.8. The number of ether oxygens (including phenoxy) is 6. The van der Waals surface area contributed by atoms with E-state index in [1.807, 2.05) is 171 Å². The van der Waals surface area contributed by atoms with Crippen molar-refractivity contribution in [2.24, 2.45) is 25.5 Å². The van der Waals surface area contributed by atoms with Crippen molar-refractivity contribution in [2.75, 3.05) is 42.7 Å². The second-order valence-electron chi connectivity index (χ2n) is 32.4. The van der Waals surface area contributed by atoms with E-state index in [0.717, 1.165) is 83.0 Å². The average molecular weight is 2230 g/mol. The Labute approximate surface area is 909 Å². The number of nitrogens with zero attached hydrogens (tertiary/aromatic N) is 10. The van der Waals surface area contributed by atoms with Gasteiger partial charge < -0.3 is 28.4 Å². The molecule has 0 fully saturated rings. The van der Waals surface area contributed by atoms with Crippen molar-refractivity contribution in [3.63, 3.8) is 0 Å². The van der Waals surface area contributed by atoms with Gasteiger partial charge in [0.15, 0.2) is 23.1 Å². The minimum absolute atomic E-state index is 0.00416. The van der Waals surface area contributed by atoms with E-state index in [9.17, 15) is 50.3 Å². The van der Waals surface area contributed by atoms with Crippen molar-refractivity contribution in [1.29, 1.82) is 0 Å². The van der Waals surface area contributed by atoms with Gasteiger partial charge >= 0.3 is 0 Å². The summed E-state index contributed by atoms with van der Waals surface area (Å²) >= 11 is 43.2. The molecule has 0 aliphatic carbocycles. The Hall–Kier alpha value is -14.1. The Balaban J connectivity index is 0.000000134. The Kier molecular flexibility index (Phi) is 36.2. The van der Waals surface area contributed by atoms with Crippen LogP contribution in [0.2, 0.25) is 30.1 Å². The molecule has 21 nitrogen and oxygen atoms in total. The monoisotopic (exact) mass is 2230 g/mol. The maximum absolute atomic E-state index is 14.4. The number of hydrazone groups is 5. The van der Waals surface area contributed by atoms with E-state index < -0.39 is 74.3 Å². The van der Waals surface area contributed by atoms with Crippen LogP contribution in [0.5, 0.6) is 34.5 Å². The van der Waals surface area contributed by atoms with E-state index in [-0.39, 0.29) is 33.7 Å². The molecule has 5 aliphatic rings. The van der Waals surface area contributed by atoms with Crippen molar-refractivity contribution in [3.05, 3.63) is 494 Å². The van der Waals surface area contributed by atoms with Crippen molar-refractivity contribution in [1.82, 2.24) is 25.0 Å². The molecule has 0 spiro atoms. The Morgan fingerprint density at radius 2 is 0.553 bits per heavy atom. The number of hydrogen-bond acceptors (Lipinski definition) is 21. The summed E-state index contributed by atoms with van der Waals surface area (Å²) in [6, 6.07) is 95.3. The van der Waals surface area contributed by atoms with Gasteiger partial charge in [-0.1, -0.05) is 316 Å². The lowest BCUT2D eigenvalue weighted by atomic mass is 10.1. The molecular formula is C112H82Cl6F6N10O11S5. The lowest BCUT2D eigenvalue weighted by molar-refractivity contribution is 0.0731. The Morgan fingerprint density at radius 3 is 0.893 bits per heavy atom. The molecule has 0 saturated heterocycles. The first-order valence-corrected chi connectivity index (χ1v) is 51.8. The molecule has 38 heteroatoms. The molecule has 5 amide bonds. The minimum atomic E-state index is -1.32. The smallest absolute Gasteiger partial charge is 0.281 e. The van der Waals surface area contributed by atoms with Gasteiger partial charge in [0, 0.05) is 104 Å². The number of aryl methyl sites for hydroxylation is 1. The van der Waals surface area contributed by atoms with Crippen molar-refractivity contribution >= 4 is 183 Å². The van der Waals surface area contributed by atoms with Crippen molar-refractivity contribution in [2.45, 2.75) is 33.8 Å². The number of methoxy groups -OCH3 is 6. The molecule has 0 N–H and O–H groups in total. The quantitative estimate of drug-likeness (QED) is 0.0611. The normalized spacial score (nSPS) is 15.8. The van der Waals surface area contributed by atoms with Gasteiger partial charge in [-0.2, -0.15) is 25.5 Å². The molecule has 15 aromatic rings. The van der Waals surface area contributed by atoms with Crippen LogP contribution in [0.25, 0.3) is 0 Å². The summed E-state index contributed by atoms with van der Waals surface area (Å²) < 4.78 is 116. The van der Waals surface area contributed by atoms with E-state index in [1.54, 1.807) is 167 Å². The summed E-state index contributed by atoms with van der Waals surface area (Å²) in [5.41, 5.74) is 8.88. The first kappa shape index (κ1) is 109. The summed E-state index contributed by atoms with van der Waals surface area (Å²) in [5, 5.41) is 33.2. The van der Waals surface area contributed by atoms with Crippen LogP contribution in [-0.4, -0.2) is 122 Å². The number of halogens is 12. The molecule has 0 aromatic heterocycles. The predicted molar refractivity (Wildman–Crippen MR) is 586 cm³/mol. The number of amides is 5. The molecule has 0 bridgehead atoms. The highest BCUT2D eigenvalue weighted by Crippen LogP contribution is 2.53. The molecule has 5 atom stereocenters. The van der Waals surface area contributed by atoms with Crippen LogP contribution in [0.4, 0.5) is 26.3 Å². The summed E-state index contributed by atoms with van der Waals surface area (Å²) in [7, 11) is 9.26. The van der Waals surface area contributed by atoms with Crippen LogP contribution in [0.1, 0.15) is 140 Å². The molecular weight excluding hydrogens is 2150 g/mol. The number of rotatable bonds is 21. The standard InChI is InChI=1S/C23H16ClF3N2O3S.C23H19ClN2O2S.C22H16Cl2N2O2S.C22H15ClF2N2O2S.C22H16ClFN2O2S/c1-31-18-5-3-4-15(20(18)32-2)23-29(22(30)19-16(26)10-14(25)11-17(19)27)28-21(33-23)12-6-8-13(24)9-7-12;1-15-6-5-7-17(14-15)22(27)26-23(19-8-3-4-9-20(19)28-2)29-21(25-26)16-10-12-18(24)13-11-16;1-28-19-9-5-3-7-17(19)22-26(21(27)16-6-2-4-8-18(16)24)25-20(29-22)14-10-12-15(23)13-11-14;1-29-19-5-3-2-4-16(19)22-27(21(28)14-8-11-17(24)18(25)12-14)26-20(30-22)13-6-9-15(23)10-7-13;1-28-19-9-5-3-7-17(19)22-26(21(27)16-6-2-4-8-18(16)24)25-20(29-22)14-10-12-15(23)13-11-14/h3-11,23H,1-2H3;3-14,23H,1-2H3;2-13,22H,1H3;2-12,22H,1H3;2-13,22H,1H3. The van der Waals surface area contributed by atoms with Gasteiger partial charge in [0.2, 0.25) is 0 Å². The third kappa shape index (κ3) is 25.1. The second kappa shape index (κ2) is 50.0. The SMILES string of the molecule is COc1cccc(C2SC(c3ccc(Cl)cc3)=NN2C(=O)c2c(F)cc(F)cc2F)c1OC.COc1ccccc1C1SC(c2ccc(Cl)cc2)=NN1C(=O)c1ccc(F)c(F)c1.COc1ccccc1C1SC(c2ccc(Cl)cc2)=NN1C(=O)c1cccc(C)c1.COc1ccccc1C1SC(c2ccc(Cl)cc2)=NN1C(=O)c1ccccc1Cl.COc1ccccc1C1SC(c2ccc(Cl)cc2)=NN1C(=O)c1ccccc1F. The fourth-order valence-electron chi connectivity index (χ4n) is 15.6. The van der Waals surface area contributed by atoms with E-state index in [1.165, 1.54) is 106 Å². The topological polar surface area (TPSA) is 219 Å². The lowest BCUT2D eigenvalue weighted by Crippen LogP contribution is -2.28. The van der Waals surface area contributed by atoms with Crippen molar-refractivity contribution in [3.8, 4) is 34.5 Å². The van der Waals surface area contributed by atoms with Gasteiger partial charge in [-0.3, -0.25) is 24.0 Å². The molecule has 0 radical (unpaired) electrons. The summed E-state index contributed by atoms with van der Waals surface area (Å²) in [6.45, 7) is 1.97. The van der Waals surface area contributed by atoms with Crippen LogP contribution in [0.15, 0.2) is 365 Å². The molecule has 15 aromatic carbocycles. The highest BCUT2D eigenvalue weighted by molar-refractivity contribution is 8.16. The molecule has 5 heterocycles. The molecule has 150 heavy (non-hydrogen) atoms. The number of thioether (sulfide) groups is 5. The number of hydrogen-bond donors (Lipinski definition) is 0. The average Bonchev–Trinajstić information content (AvgIpc) is 1.62. The fourth-order valence-corrected chi connectivity index (χ4v) is 22.4. The van der Waals surface area contributed by atoms with E-state index in [0.29, 0.717) is 108 Å². The lowest BCUT2D eigenvalue weighted by Gasteiger charge is -2.24. The molecule has 0 saturated carbocycles. The van der Waals surface area contributed by atoms with Gasteiger partial charge in [-0.25, -0.2) is 51.4 Å². The molecule has 5 unspecified atom stereocenters. The Morgan fingerprint density at radius 1 is 0.260 bits per heavy atom. The van der Waals surface area contributed by atoms with Gasteiger partial charge in [-0.15, -0.1) is 0 Å². The second-order valence-corrected chi connectivity index (χ2v) is 40.3. The van der Waals surface area contributed by atoms with Crippen molar-refractivity contribution < 1.29 is 78.7 Å². The Bertz CT molecular complexity index is 7540. The van der Waals surface area contributed by atoms with Crippen LogP contribution in [0, 0.1) is 41.8 Å². The largest absolute Gasteiger partial charge is 0.496 e. The minimum Gasteiger partial charge on any atom is -0.496 e. The maximum Gasteiger partial charge on any atom is 0.281 e. The molecule has 5 aliphatic heterocycles. The number of carbonyl (C=O) groups excluding carboxylic acids is 5. The van der Waals surface area contributed by atoms with Gasteiger partial charge in [0.1, 0.15) is 104 Å². The van der Waals surface area contributed by atoms with Gasteiger partial charge in [0.05, 0.1) is 58.8 Å². The van der Waals surface area contributed by atoms with E-state index in [2.05, 4.69) is 20.4 Å². The first-order valence-electron chi connectivity index (χ1n) is 45.2. The zero-order valence-corrected chi connectivity index (χ0v) is 88.4. The third-order valence-corrected chi connectivity index (χ3v) is 30.6. The van der Waals surface area contributed by atoms with Crippen LogP contribution < -0.4 is 28.4 Å². The zero-order chi connectivity index (χ0) is 106. The van der Waals surface area contributed by atoms with E-state index >= 15 is 0 Å². The highest BCUT2D eigenvalue weighted by atomic mass is 35.5. The summed E-state index contributed by atoms with van der Waals surface area (Å²) in [4.78, 5) is 66.3. The number of para-hydroxylation sites is 5. The van der Waals surface area contributed by atoms with Crippen LogP contribution in [0.3, 0.4) is 0 Å². The fraction of sp³-hybridized carbons (Fsp3) is 0.107. The summed E-state index contributed by atoms with van der Waals surface area (Å²) in [5.74, 6) is -5.68.